The maximum Gasteiger partial charge on any atom is 0.433 e. The Morgan fingerprint density at radius 1 is 1.19 bits per heavy atom. The Morgan fingerprint density at radius 3 is 2.55 bits per heavy atom. The molecule has 1 amide bonds. The zero-order chi connectivity index (χ0) is 22.7. The van der Waals surface area contributed by atoms with Crippen LogP contribution < -0.4 is 0 Å². The predicted octanol–water partition coefficient (Wildman–Crippen LogP) is 4.05. The molecule has 1 atom stereocenters. The molecule has 1 unspecified atom stereocenters. The van der Waals surface area contributed by atoms with Crippen molar-refractivity contribution < 1.29 is 22.4 Å². The monoisotopic (exact) mass is 435 g/mol. The van der Waals surface area contributed by atoms with Gasteiger partial charge in [0.25, 0.3) is 5.91 Å². The number of benzene rings is 1. The number of hydrogen-bond donors (Lipinski definition) is 0. The molecule has 0 aliphatic carbocycles. The Kier molecular flexibility index (Phi) is 4.90. The molecule has 0 bridgehead atoms. The van der Waals surface area contributed by atoms with E-state index in [1.807, 2.05) is 0 Å². The number of aromatic nitrogens is 4. The molecular formula is C21H21F4N5O. The summed E-state index contributed by atoms with van der Waals surface area (Å²) < 4.78 is 57.4. The Hall–Kier alpha value is -3.17. The van der Waals surface area contributed by atoms with Crippen LogP contribution >= 0.6 is 0 Å². The van der Waals surface area contributed by atoms with Gasteiger partial charge in [-0.3, -0.25) is 14.2 Å². The number of fused-ring (bicyclic) bond motifs is 1. The first-order valence-corrected chi connectivity index (χ1v) is 9.73. The molecule has 3 heterocycles. The second kappa shape index (κ2) is 7.21. The molecule has 0 saturated carbocycles. The van der Waals surface area contributed by atoms with Crippen molar-refractivity contribution in [2.75, 3.05) is 6.54 Å². The van der Waals surface area contributed by atoms with E-state index in [1.54, 1.807) is 27.0 Å². The molecule has 1 aromatic carbocycles. The molecule has 0 saturated heterocycles. The number of carbonyl (C=O) groups excluding carboxylic acids is 1. The zero-order valence-corrected chi connectivity index (χ0v) is 17.5. The minimum atomic E-state index is -4.58. The van der Waals surface area contributed by atoms with Crippen LogP contribution in [-0.4, -0.2) is 36.9 Å². The average molecular weight is 435 g/mol. The van der Waals surface area contributed by atoms with Crippen molar-refractivity contribution in [1.82, 2.24) is 24.5 Å². The Balaban J connectivity index is 1.75. The number of amides is 1. The second-order valence-electron chi connectivity index (χ2n) is 7.77. The highest BCUT2D eigenvalue weighted by molar-refractivity contribution is 5.95. The molecule has 0 radical (unpaired) electrons. The van der Waals surface area contributed by atoms with Gasteiger partial charge < -0.3 is 4.90 Å². The first kappa shape index (κ1) is 21.1. The standard InChI is InChI=1S/C21H21F4N5O/c1-11-5-6-13(16(22)9-11)20(31)30-8-7-14-17(12(30)2)27-28(3)18(14)15-10-26-29(4)19(15)21(23,24)25/h5-6,9-10,12H,7-8H2,1-4H3. The molecule has 10 heteroatoms. The van der Waals surface area contributed by atoms with Gasteiger partial charge in [0.05, 0.1) is 34.8 Å². The van der Waals surface area contributed by atoms with Crippen molar-refractivity contribution in [3.8, 4) is 11.3 Å². The average Bonchev–Trinajstić information content (AvgIpc) is 3.21. The van der Waals surface area contributed by atoms with Gasteiger partial charge in [0.1, 0.15) is 5.82 Å². The largest absolute Gasteiger partial charge is 0.433 e. The van der Waals surface area contributed by atoms with Crippen LogP contribution in [-0.2, 0) is 26.7 Å². The maximum atomic E-state index is 14.3. The molecule has 3 aromatic rings. The molecule has 1 aliphatic rings. The lowest BCUT2D eigenvalue weighted by atomic mass is 9.95. The summed E-state index contributed by atoms with van der Waals surface area (Å²) in [5.41, 5.74) is 1.23. The quantitative estimate of drug-likeness (QED) is 0.571. The van der Waals surface area contributed by atoms with E-state index in [9.17, 15) is 22.4 Å². The van der Waals surface area contributed by atoms with Crippen molar-refractivity contribution >= 4 is 5.91 Å². The van der Waals surface area contributed by atoms with Crippen LogP contribution in [0.2, 0.25) is 0 Å². The van der Waals surface area contributed by atoms with Gasteiger partial charge in [-0.25, -0.2) is 4.39 Å². The zero-order valence-electron chi connectivity index (χ0n) is 17.5. The fourth-order valence-corrected chi connectivity index (χ4v) is 4.25. The van der Waals surface area contributed by atoms with E-state index in [4.69, 9.17) is 0 Å². The predicted molar refractivity (Wildman–Crippen MR) is 105 cm³/mol. The number of halogens is 4. The molecule has 0 spiro atoms. The van der Waals surface area contributed by atoms with E-state index in [-0.39, 0.29) is 17.7 Å². The summed E-state index contributed by atoms with van der Waals surface area (Å²) in [5, 5.41) is 8.23. The number of hydrogen-bond acceptors (Lipinski definition) is 3. The fraction of sp³-hybridized carbons (Fsp3) is 0.381. The van der Waals surface area contributed by atoms with Gasteiger partial charge in [-0.2, -0.15) is 23.4 Å². The van der Waals surface area contributed by atoms with Gasteiger partial charge in [-0.05, 0) is 38.0 Å². The summed E-state index contributed by atoms with van der Waals surface area (Å²) in [4.78, 5) is 14.5. The van der Waals surface area contributed by atoms with Crippen LogP contribution in [0.25, 0.3) is 11.3 Å². The minimum Gasteiger partial charge on any atom is -0.330 e. The summed E-state index contributed by atoms with van der Waals surface area (Å²) in [6.45, 7) is 3.71. The summed E-state index contributed by atoms with van der Waals surface area (Å²) in [6, 6.07) is 3.89. The summed E-state index contributed by atoms with van der Waals surface area (Å²) in [6.07, 6.45) is -3.10. The van der Waals surface area contributed by atoms with E-state index >= 15 is 0 Å². The molecule has 6 nitrogen and oxygen atoms in total. The highest BCUT2D eigenvalue weighted by atomic mass is 19.4. The lowest BCUT2D eigenvalue weighted by molar-refractivity contribution is -0.143. The number of carbonyl (C=O) groups is 1. The third-order valence-electron chi connectivity index (χ3n) is 5.72. The third-order valence-corrected chi connectivity index (χ3v) is 5.72. The van der Waals surface area contributed by atoms with E-state index in [1.165, 1.54) is 35.0 Å². The van der Waals surface area contributed by atoms with Crippen LogP contribution in [0.1, 0.15) is 45.8 Å². The first-order valence-electron chi connectivity index (χ1n) is 9.73. The van der Waals surface area contributed by atoms with Crippen molar-refractivity contribution in [2.45, 2.75) is 32.5 Å². The lowest BCUT2D eigenvalue weighted by Crippen LogP contribution is -2.39. The molecule has 1 aliphatic heterocycles. The van der Waals surface area contributed by atoms with Gasteiger partial charge >= 0.3 is 6.18 Å². The maximum absolute atomic E-state index is 14.3. The van der Waals surface area contributed by atoms with Gasteiger partial charge in [0.2, 0.25) is 0 Å². The Bertz CT molecular complexity index is 1180. The smallest absolute Gasteiger partial charge is 0.330 e. The second-order valence-corrected chi connectivity index (χ2v) is 7.77. The molecule has 4 rings (SSSR count). The Morgan fingerprint density at radius 2 is 1.90 bits per heavy atom. The molecule has 2 aromatic heterocycles. The van der Waals surface area contributed by atoms with Crippen molar-refractivity contribution in [2.24, 2.45) is 14.1 Å². The fourth-order valence-electron chi connectivity index (χ4n) is 4.25. The SMILES string of the molecule is Cc1ccc(C(=O)N2CCc3c(nn(C)c3-c3cnn(C)c3C(F)(F)F)C2C)c(F)c1. The van der Waals surface area contributed by atoms with Crippen molar-refractivity contribution in [1.29, 1.82) is 0 Å². The summed E-state index contributed by atoms with van der Waals surface area (Å²) >= 11 is 0. The number of alkyl halides is 3. The highest BCUT2D eigenvalue weighted by Gasteiger charge is 2.41. The molecular weight excluding hydrogens is 414 g/mol. The van der Waals surface area contributed by atoms with Gasteiger partial charge in [-0.1, -0.05) is 6.07 Å². The van der Waals surface area contributed by atoms with Crippen LogP contribution in [0, 0.1) is 12.7 Å². The van der Waals surface area contributed by atoms with E-state index in [0.717, 1.165) is 4.68 Å². The van der Waals surface area contributed by atoms with Crippen LogP contribution in [0.15, 0.2) is 24.4 Å². The normalized spacial score (nSPS) is 16.5. The summed E-state index contributed by atoms with van der Waals surface area (Å²) in [5.74, 6) is -1.07. The lowest BCUT2D eigenvalue weighted by Gasteiger charge is -2.33. The third kappa shape index (κ3) is 3.39. The van der Waals surface area contributed by atoms with Gasteiger partial charge in [-0.15, -0.1) is 0 Å². The highest BCUT2D eigenvalue weighted by Crippen LogP contribution is 2.41. The van der Waals surface area contributed by atoms with Crippen LogP contribution in [0.3, 0.4) is 0 Å². The molecule has 164 valence electrons. The Labute approximate surface area is 176 Å². The van der Waals surface area contributed by atoms with Crippen molar-refractivity contribution in [3.05, 3.63) is 58.3 Å². The minimum absolute atomic E-state index is 0.0383. The first-order chi connectivity index (χ1) is 14.5. The van der Waals surface area contributed by atoms with Gasteiger partial charge in [0.15, 0.2) is 5.69 Å². The molecule has 0 fully saturated rings. The number of nitrogens with zero attached hydrogens (tertiary/aromatic N) is 5. The van der Waals surface area contributed by atoms with Crippen LogP contribution in [0.5, 0.6) is 0 Å². The van der Waals surface area contributed by atoms with Gasteiger partial charge in [0, 0.05) is 26.2 Å². The molecule has 0 N–H and O–H groups in total. The van der Waals surface area contributed by atoms with E-state index in [2.05, 4.69) is 10.2 Å². The van der Waals surface area contributed by atoms with E-state index < -0.39 is 29.6 Å². The van der Waals surface area contributed by atoms with Crippen molar-refractivity contribution in [3.63, 3.8) is 0 Å². The van der Waals surface area contributed by atoms with E-state index in [0.29, 0.717) is 28.9 Å². The number of rotatable bonds is 2. The molecule has 31 heavy (non-hydrogen) atoms. The number of aryl methyl sites for hydroxylation is 3. The van der Waals surface area contributed by atoms with Crippen LogP contribution in [0.4, 0.5) is 17.6 Å². The summed E-state index contributed by atoms with van der Waals surface area (Å²) in [7, 11) is 2.81. The topological polar surface area (TPSA) is 56.0 Å².